The van der Waals surface area contributed by atoms with Crippen molar-refractivity contribution in [3.8, 4) is 0 Å². The molecule has 7 heteroatoms. The average molecular weight is 316 g/mol. The van der Waals surface area contributed by atoms with Crippen LogP contribution < -0.4 is 10.6 Å². The summed E-state index contributed by atoms with van der Waals surface area (Å²) in [6, 6.07) is 2.29. The lowest BCUT2D eigenvalue weighted by Gasteiger charge is -2.39. The van der Waals surface area contributed by atoms with Crippen LogP contribution in [0.2, 0.25) is 5.02 Å². The number of nitro groups is 1. The topological polar surface area (TPSA) is 67.2 Å². The van der Waals surface area contributed by atoms with Crippen LogP contribution in [0.4, 0.5) is 15.8 Å². The number of halogens is 2. The normalized spacial score (nSPS) is 21.0. The van der Waals surface area contributed by atoms with Gasteiger partial charge in [-0.25, -0.2) is 4.39 Å². The van der Waals surface area contributed by atoms with E-state index in [-0.39, 0.29) is 27.9 Å². The highest BCUT2D eigenvalue weighted by molar-refractivity contribution is 6.31. The SMILES string of the molecule is CC1(C)CCCNC1CNc1cc(F)c(Cl)cc1[N+](=O)[O-]. The van der Waals surface area contributed by atoms with Gasteiger partial charge >= 0.3 is 0 Å². The highest BCUT2D eigenvalue weighted by Crippen LogP contribution is 2.33. The molecule has 21 heavy (non-hydrogen) atoms. The molecule has 5 nitrogen and oxygen atoms in total. The maximum absolute atomic E-state index is 13.5. The van der Waals surface area contributed by atoms with Crippen LogP contribution in [0.3, 0.4) is 0 Å². The number of rotatable bonds is 4. The third-order valence-corrected chi connectivity index (χ3v) is 4.35. The number of nitrogens with one attached hydrogen (secondary N) is 2. The Kier molecular flexibility index (Phi) is 4.68. The van der Waals surface area contributed by atoms with E-state index in [1.807, 2.05) is 0 Å². The molecule has 1 saturated heterocycles. The van der Waals surface area contributed by atoms with Gasteiger partial charge in [-0.05, 0) is 24.8 Å². The second kappa shape index (κ2) is 6.15. The van der Waals surface area contributed by atoms with Crippen molar-refractivity contribution in [2.45, 2.75) is 32.7 Å². The number of nitro benzene ring substituents is 1. The molecule has 1 aliphatic rings. The summed E-state index contributed by atoms with van der Waals surface area (Å²) in [6.45, 7) is 5.73. The molecule has 0 radical (unpaired) electrons. The summed E-state index contributed by atoms with van der Waals surface area (Å²) < 4.78 is 13.5. The highest BCUT2D eigenvalue weighted by Gasteiger charge is 2.32. The van der Waals surface area contributed by atoms with Gasteiger partial charge in [0, 0.05) is 24.7 Å². The molecule has 2 rings (SSSR count). The van der Waals surface area contributed by atoms with Crippen molar-refractivity contribution in [1.29, 1.82) is 0 Å². The molecule has 0 amide bonds. The van der Waals surface area contributed by atoms with Gasteiger partial charge in [0.1, 0.15) is 11.5 Å². The number of piperidine rings is 1. The molecule has 2 N–H and O–H groups in total. The summed E-state index contributed by atoms with van der Waals surface area (Å²) in [5, 5.41) is 17.2. The van der Waals surface area contributed by atoms with E-state index in [1.54, 1.807) is 0 Å². The van der Waals surface area contributed by atoms with E-state index in [9.17, 15) is 14.5 Å². The van der Waals surface area contributed by atoms with Crippen molar-refractivity contribution in [3.63, 3.8) is 0 Å². The number of nitrogens with zero attached hydrogens (tertiary/aromatic N) is 1. The van der Waals surface area contributed by atoms with Crippen LogP contribution in [0.15, 0.2) is 12.1 Å². The van der Waals surface area contributed by atoms with Crippen LogP contribution in [0.25, 0.3) is 0 Å². The van der Waals surface area contributed by atoms with E-state index in [0.29, 0.717) is 6.54 Å². The Bertz CT molecular complexity index is 551. The fraction of sp³-hybridized carbons (Fsp3) is 0.571. The fourth-order valence-electron chi connectivity index (χ4n) is 2.66. The van der Waals surface area contributed by atoms with Gasteiger partial charge in [0.15, 0.2) is 0 Å². The van der Waals surface area contributed by atoms with Gasteiger partial charge in [-0.2, -0.15) is 0 Å². The van der Waals surface area contributed by atoms with Gasteiger partial charge in [0.2, 0.25) is 0 Å². The summed E-state index contributed by atoms with van der Waals surface area (Å²) in [7, 11) is 0. The highest BCUT2D eigenvalue weighted by atomic mass is 35.5. The maximum Gasteiger partial charge on any atom is 0.294 e. The Morgan fingerprint density at radius 2 is 2.29 bits per heavy atom. The summed E-state index contributed by atoms with van der Waals surface area (Å²) in [6.07, 6.45) is 2.20. The van der Waals surface area contributed by atoms with Crippen molar-refractivity contribution in [2.24, 2.45) is 5.41 Å². The predicted octanol–water partition coefficient (Wildman–Crippen LogP) is 3.58. The zero-order valence-corrected chi connectivity index (χ0v) is 12.8. The summed E-state index contributed by atoms with van der Waals surface area (Å²) in [5.74, 6) is -0.666. The van der Waals surface area contributed by atoms with Gasteiger partial charge in [0.25, 0.3) is 5.69 Å². The Morgan fingerprint density at radius 3 is 2.90 bits per heavy atom. The largest absolute Gasteiger partial charge is 0.378 e. The molecule has 1 atom stereocenters. The quantitative estimate of drug-likeness (QED) is 0.658. The molecule has 116 valence electrons. The number of hydrogen-bond donors (Lipinski definition) is 2. The Balaban J connectivity index is 2.16. The molecular weight excluding hydrogens is 297 g/mol. The third-order valence-electron chi connectivity index (χ3n) is 4.06. The van der Waals surface area contributed by atoms with E-state index in [2.05, 4.69) is 24.5 Å². The molecule has 0 spiro atoms. The molecule has 0 aliphatic carbocycles. The van der Waals surface area contributed by atoms with Crippen LogP contribution in [0, 0.1) is 21.3 Å². The van der Waals surface area contributed by atoms with Crippen LogP contribution in [-0.2, 0) is 0 Å². The summed E-state index contributed by atoms with van der Waals surface area (Å²) in [5.41, 5.74) is 0.0328. The van der Waals surface area contributed by atoms with Gasteiger partial charge in [-0.15, -0.1) is 0 Å². The van der Waals surface area contributed by atoms with Gasteiger partial charge in [-0.1, -0.05) is 25.4 Å². The van der Waals surface area contributed by atoms with Crippen LogP contribution in [0.1, 0.15) is 26.7 Å². The lowest BCUT2D eigenvalue weighted by Crippen LogP contribution is -2.50. The summed E-state index contributed by atoms with van der Waals surface area (Å²) in [4.78, 5) is 10.5. The van der Waals surface area contributed by atoms with E-state index in [0.717, 1.165) is 31.5 Å². The fourth-order valence-corrected chi connectivity index (χ4v) is 2.82. The molecule has 0 aromatic heterocycles. The first-order chi connectivity index (χ1) is 9.81. The van der Waals surface area contributed by atoms with E-state index >= 15 is 0 Å². The van der Waals surface area contributed by atoms with Crippen LogP contribution >= 0.6 is 11.6 Å². The first-order valence-corrected chi connectivity index (χ1v) is 7.30. The molecule has 1 unspecified atom stereocenters. The molecule has 1 heterocycles. The lowest BCUT2D eigenvalue weighted by atomic mass is 9.77. The molecule has 1 fully saturated rings. The first kappa shape index (κ1) is 16.0. The Labute approximate surface area is 128 Å². The van der Waals surface area contributed by atoms with Crippen molar-refractivity contribution in [1.82, 2.24) is 5.32 Å². The van der Waals surface area contributed by atoms with Crippen LogP contribution in [-0.4, -0.2) is 24.1 Å². The zero-order valence-electron chi connectivity index (χ0n) is 12.1. The standard InChI is InChI=1S/C14H19ClFN3O2/c1-14(2)4-3-5-17-13(14)8-18-11-7-10(16)9(15)6-12(11)19(20)21/h6-7,13,17-18H,3-5,8H2,1-2H3. The lowest BCUT2D eigenvalue weighted by molar-refractivity contribution is -0.384. The van der Waals surface area contributed by atoms with Crippen molar-refractivity contribution < 1.29 is 9.31 Å². The minimum atomic E-state index is -0.666. The molecule has 1 aliphatic heterocycles. The third kappa shape index (κ3) is 3.63. The second-order valence-electron chi connectivity index (χ2n) is 6.02. The van der Waals surface area contributed by atoms with Gasteiger partial charge < -0.3 is 10.6 Å². The molecule has 1 aromatic carbocycles. The minimum absolute atomic E-state index is 0.0883. The maximum atomic E-state index is 13.5. The second-order valence-corrected chi connectivity index (χ2v) is 6.43. The number of benzene rings is 1. The average Bonchev–Trinajstić information content (AvgIpc) is 2.40. The van der Waals surface area contributed by atoms with E-state index < -0.39 is 10.7 Å². The number of anilines is 1. The van der Waals surface area contributed by atoms with Crippen molar-refractivity contribution in [3.05, 3.63) is 33.1 Å². The smallest absolute Gasteiger partial charge is 0.294 e. The molecule has 0 bridgehead atoms. The molecule has 1 aromatic rings. The van der Waals surface area contributed by atoms with Gasteiger partial charge in [0.05, 0.1) is 9.95 Å². The predicted molar refractivity (Wildman–Crippen MR) is 81.4 cm³/mol. The van der Waals surface area contributed by atoms with Crippen molar-refractivity contribution in [2.75, 3.05) is 18.4 Å². The Morgan fingerprint density at radius 1 is 1.57 bits per heavy atom. The van der Waals surface area contributed by atoms with Gasteiger partial charge in [-0.3, -0.25) is 10.1 Å². The summed E-state index contributed by atoms with van der Waals surface area (Å²) >= 11 is 5.60. The Hall–Kier alpha value is -1.40. The molecule has 0 saturated carbocycles. The number of hydrogen-bond acceptors (Lipinski definition) is 4. The molecular formula is C14H19ClFN3O2. The van der Waals surface area contributed by atoms with Crippen LogP contribution in [0.5, 0.6) is 0 Å². The zero-order chi connectivity index (χ0) is 15.6. The first-order valence-electron chi connectivity index (χ1n) is 6.92. The minimum Gasteiger partial charge on any atom is -0.378 e. The van der Waals surface area contributed by atoms with E-state index in [1.165, 1.54) is 0 Å². The van der Waals surface area contributed by atoms with Crippen molar-refractivity contribution >= 4 is 23.0 Å². The monoisotopic (exact) mass is 315 g/mol. The van der Waals surface area contributed by atoms with E-state index in [4.69, 9.17) is 11.6 Å².